The molecule has 4 rings (SSSR count). The first-order valence-electron chi connectivity index (χ1n) is 8.02. The average molecular weight is 378 g/mol. The number of hydrogen-bond acceptors (Lipinski definition) is 7. The van der Waals surface area contributed by atoms with Crippen LogP contribution in [-0.2, 0) is 4.74 Å². The Bertz CT molecular complexity index is 1080. The number of fused-ring (bicyclic) bond motifs is 1. The number of aromatic nitrogens is 2. The van der Waals surface area contributed by atoms with Crippen LogP contribution in [0.5, 0.6) is 5.88 Å². The average Bonchev–Trinajstić information content (AvgIpc) is 3.35. The van der Waals surface area contributed by atoms with Crippen LogP contribution in [0.1, 0.15) is 27.4 Å². The molecule has 2 aromatic heterocycles. The molecule has 3 heterocycles. The van der Waals surface area contributed by atoms with Crippen LogP contribution in [0.15, 0.2) is 53.2 Å². The van der Waals surface area contributed by atoms with E-state index in [9.17, 15) is 10.1 Å². The zero-order valence-electron chi connectivity index (χ0n) is 14.2. The molecule has 0 spiro atoms. The van der Waals surface area contributed by atoms with E-state index in [1.165, 1.54) is 7.11 Å². The summed E-state index contributed by atoms with van der Waals surface area (Å²) in [6.45, 7) is 0. The summed E-state index contributed by atoms with van der Waals surface area (Å²) in [5.74, 6) is -0.512. The molecule has 0 fully saturated rings. The number of aromatic amines is 1. The first kappa shape index (κ1) is 16.9. The normalized spacial score (nSPS) is 15.6. The molecule has 1 aromatic carbocycles. The van der Waals surface area contributed by atoms with E-state index in [4.69, 9.17) is 15.2 Å². The fraction of sp³-hybridized carbons (Fsp3) is 0.105. The number of carbonyl (C=O) groups excluding carboxylic acids is 1. The second-order valence-electron chi connectivity index (χ2n) is 5.83. The Morgan fingerprint density at radius 2 is 2.15 bits per heavy atom. The number of allylic oxidation sites excluding steroid dienone is 1. The fourth-order valence-electron chi connectivity index (χ4n) is 3.12. The van der Waals surface area contributed by atoms with E-state index in [2.05, 4.69) is 16.3 Å². The van der Waals surface area contributed by atoms with Gasteiger partial charge in [-0.15, -0.1) is 16.4 Å². The number of carbonyl (C=O) groups is 1. The van der Waals surface area contributed by atoms with Gasteiger partial charge in [-0.2, -0.15) is 5.26 Å². The standard InChI is InChI=1S/C19H14N4O3S/c1-25-19(24)11-6-4-10(5-7-11)14-12(9-20)17(21)26-18-15(14)16(22-23-18)13-3-2-8-27-13/h2-8,14H,21H2,1H3,(H,22,23). The van der Waals surface area contributed by atoms with Crippen molar-refractivity contribution in [1.82, 2.24) is 10.2 Å². The van der Waals surface area contributed by atoms with Crippen molar-refractivity contribution in [3.05, 3.63) is 69.9 Å². The molecular weight excluding hydrogens is 364 g/mol. The van der Waals surface area contributed by atoms with E-state index in [-0.39, 0.29) is 5.88 Å². The van der Waals surface area contributed by atoms with Crippen LogP contribution < -0.4 is 10.5 Å². The van der Waals surface area contributed by atoms with Crippen molar-refractivity contribution in [2.45, 2.75) is 5.92 Å². The number of methoxy groups -OCH3 is 1. The predicted molar refractivity (Wildman–Crippen MR) is 99.0 cm³/mol. The van der Waals surface area contributed by atoms with Crippen molar-refractivity contribution >= 4 is 17.3 Å². The number of nitrogens with two attached hydrogens (primary N) is 1. The lowest BCUT2D eigenvalue weighted by molar-refractivity contribution is 0.0600. The molecule has 7 nitrogen and oxygen atoms in total. The molecule has 27 heavy (non-hydrogen) atoms. The van der Waals surface area contributed by atoms with Crippen molar-refractivity contribution in [3.63, 3.8) is 0 Å². The van der Waals surface area contributed by atoms with Gasteiger partial charge >= 0.3 is 5.97 Å². The van der Waals surface area contributed by atoms with Crippen LogP contribution in [0.2, 0.25) is 0 Å². The van der Waals surface area contributed by atoms with Gasteiger partial charge in [0.25, 0.3) is 0 Å². The molecule has 1 atom stereocenters. The van der Waals surface area contributed by atoms with Gasteiger partial charge in [0.1, 0.15) is 11.6 Å². The zero-order chi connectivity index (χ0) is 19.0. The summed E-state index contributed by atoms with van der Waals surface area (Å²) in [6.07, 6.45) is 0. The second kappa shape index (κ2) is 6.63. The number of nitriles is 1. The highest BCUT2D eigenvalue weighted by molar-refractivity contribution is 7.13. The van der Waals surface area contributed by atoms with Crippen LogP contribution in [0, 0.1) is 11.3 Å². The van der Waals surface area contributed by atoms with Crippen molar-refractivity contribution in [3.8, 4) is 22.5 Å². The van der Waals surface area contributed by atoms with Crippen LogP contribution >= 0.6 is 11.3 Å². The summed E-state index contributed by atoms with van der Waals surface area (Å²) in [6, 6.07) is 12.9. The smallest absolute Gasteiger partial charge is 0.337 e. The van der Waals surface area contributed by atoms with Gasteiger partial charge in [0, 0.05) is 0 Å². The van der Waals surface area contributed by atoms with Gasteiger partial charge in [-0.1, -0.05) is 18.2 Å². The number of nitrogens with one attached hydrogen (secondary N) is 1. The number of nitrogens with zero attached hydrogens (tertiary/aromatic N) is 2. The quantitative estimate of drug-likeness (QED) is 0.677. The van der Waals surface area contributed by atoms with Gasteiger partial charge in [0.15, 0.2) is 0 Å². The minimum Gasteiger partial charge on any atom is -0.465 e. The van der Waals surface area contributed by atoms with Crippen molar-refractivity contribution < 1.29 is 14.3 Å². The number of hydrogen-bond donors (Lipinski definition) is 2. The molecular formula is C19H14N4O3S. The Morgan fingerprint density at radius 3 is 2.78 bits per heavy atom. The number of thiophene rings is 1. The van der Waals surface area contributed by atoms with Gasteiger partial charge in [-0.3, -0.25) is 5.10 Å². The van der Waals surface area contributed by atoms with Crippen LogP contribution in [-0.4, -0.2) is 23.3 Å². The van der Waals surface area contributed by atoms with E-state index >= 15 is 0 Å². The van der Waals surface area contributed by atoms with Gasteiger partial charge in [0.2, 0.25) is 11.8 Å². The third-order valence-corrected chi connectivity index (χ3v) is 5.26. The van der Waals surface area contributed by atoms with Gasteiger partial charge in [-0.25, -0.2) is 4.79 Å². The molecule has 1 aliphatic rings. The molecule has 134 valence electrons. The highest BCUT2D eigenvalue weighted by Gasteiger charge is 2.35. The van der Waals surface area contributed by atoms with Gasteiger partial charge in [-0.05, 0) is 29.1 Å². The molecule has 1 aliphatic heterocycles. The molecule has 8 heteroatoms. The Balaban J connectivity index is 1.87. The Morgan fingerprint density at radius 1 is 1.37 bits per heavy atom. The van der Waals surface area contributed by atoms with Crippen LogP contribution in [0.3, 0.4) is 0 Å². The highest BCUT2D eigenvalue weighted by Crippen LogP contribution is 2.46. The maximum atomic E-state index is 11.7. The molecule has 0 saturated heterocycles. The third-order valence-electron chi connectivity index (χ3n) is 4.37. The molecule has 0 bridgehead atoms. The SMILES string of the molecule is COC(=O)c1ccc(C2C(C#N)=C(N)Oc3n[nH]c(-c4cccs4)c32)cc1. The molecule has 3 aromatic rings. The summed E-state index contributed by atoms with van der Waals surface area (Å²) >= 11 is 1.55. The molecule has 3 N–H and O–H groups in total. The van der Waals surface area contributed by atoms with Crippen molar-refractivity contribution in [2.75, 3.05) is 7.11 Å². The topological polar surface area (TPSA) is 114 Å². The van der Waals surface area contributed by atoms with E-state index in [1.807, 2.05) is 17.5 Å². The minimum atomic E-state index is -0.457. The van der Waals surface area contributed by atoms with Crippen LogP contribution in [0.25, 0.3) is 10.6 Å². The van der Waals surface area contributed by atoms with Crippen LogP contribution in [0.4, 0.5) is 0 Å². The van der Waals surface area contributed by atoms with Crippen molar-refractivity contribution in [1.29, 1.82) is 5.26 Å². The molecule has 0 saturated carbocycles. The van der Waals surface area contributed by atoms with Gasteiger partial charge < -0.3 is 15.2 Å². The highest BCUT2D eigenvalue weighted by atomic mass is 32.1. The summed E-state index contributed by atoms with van der Waals surface area (Å²) in [4.78, 5) is 12.7. The minimum absolute atomic E-state index is 0.0243. The van der Waals surface area contributed by atoms with Gasteiger partial charge in [0.05, 0.1) is 34.7 Å². The largest absolute Gasteiger partial charge is 0.465 e. The molecule has 0 aliphatic carbocycles. The second-order valence-corrected chi connectivity index (χ2v) is 6.78. The lowest BCUT2D eigenvalue weighted by Crippen LogP contribution is -2.21. The summed E-state index contributed by atoms with van der Waals surface area (Å²) < 4.78 is 10.3. The first-order valence-corrected chi connectivity index (χ1v) is 8.90. The first-order chi connectivity index (χ1) is 13.1. The lowest BCUT2D eigenvalue weighted by Gasteiger charge is -2.24. The molecule has 1 unspecified atom stereocenters. The van der Waals surface area contributed by atoms with Crippen molar-refractivity contribution in [2.24, 2.45) is 5.73 Å². The van der Waals surface area contributed by atoms with E-state index < -0.39 is 11.9 Å². The Labute approximate surface area is 158 Å². The number of ether oxygens (including phenoxy) is 2. The van der Waals surface area contributed by atoms with E-state index in [1.54, 1.807) is 35.6 Å². The maximum absolute atomic E-state index is 11.7. The Hall–Kier alpha value is -3.57. The lowest BCUT2D eigenvalue weighted by atomic mass is 9.83. The maximum Gasteiger partial charge on any atom is 0.337 e. The monoisotopic (exact) mass is 378 g/mol. The molecule has 0 amide bonds. The Kier molecular flexibility index (Phi) is 4.14. The zero-order valence-corrected chi connectivity index (χ0v) is 15.0. The molecule has 0 radical (unpaired) electrons. The van der Waals surface area contributed by atoms with E-state index in [0.717, 1.165) is 21.7 Å². The van der Waals surface area contributed by atoms with E-state index in [0.29, 0.717) is 17.0 Å². The summed E-state index contributed by atoms with van der Waals surface area (Å²) in [5.41, 5.74) is 9.01. The third kappa shape index (κ3) is 2.74. The summed E-state index contributed by atoms with van der Waals surface area (Å²) in [7, 11) is 1.33. The summed E-state index contributed by atoms with van der Waals surface area (Å²) in [5, 5.41) is 18.9. The number of benzene rings is 1. The number of rotatable bonds is 3. The number of esters is 1. The number of H-pyrrole nitrogens is 1. The predicted octanol–water partition coefficient (Wildman–Crippen LogP) is 3.14. The fourth-order valence-corrected chi connectivity index (χ4v) is 3.85.